The minimum Gasteiger partial charge on any atom is -0.294 e. The molecule has 0 heterocycles. The summed E-state index contributed by atoms with van der Waals surface area (Å²) in [4.78, 5) is 11.9. The number of Topliss-reactive ketones (excluding diaryl/α,β-unsaturated/α-hetero) is 1. The van der Waals surface area contributed by atoms with E-state index in [2.05, 4.69) is 0 Å². The molecule has 2 aromatic carbocycles. The van der Waals surface area contributed by atoms with Crippen molar-refractivity contribution >= 4 is 17.4 Å². The van der Waals surface area contributed by atoms with Crippen molar-refractivity contribution in [1.29, 1.82) is 0 Å². The summed E-state index contributed by atoms with van der Waals surface area (Å²) in [6, 6.07) is 9.07. The summed E-state index contributed by atoms with van der Waals surface area (Å²) < 4.78 is 25.7. The Morgan fingerprint density at radius 3 is 2.28 bits per heavy atom. The smallest absolute Gasteiger partial charge is 0.167 e. The van der Waals surface area contributed by atoms with Crippen molar-refractivity contribution < 1.29 is 13.6 Å². The maximum Gasteiger partial charge on any atom is 0.167 e. The van der Waals surface area contributed by atoms with Gasteiger partial charge in [-0.25, -0.2) is 8.78 Å². The van der Waals surface area contributed by atoms with Crippen LogP contribution >= 0.6 is 11.6 Å². The van der Waals surface area contributed by atoms with Crippen molar-refractivity contribution in [1.82, 2.24) is 0 Å². The quantitative estimate of drug-likeness (QED) is 0.766. The van der Waals surface area contributed by atoms with Crippen LogP contribution in [0.25, 0.3) is 0 Å². The van der Waals surface area contributed by atoms with Crippen LogP contribution in [-0.4, -0.2) is 5.78 Å². The van der Waals surface area contributed by atoms with E-state index in [1.165, 1.54) is 42.5 Å². The Kier molecular flexibility index (Phi) is 3.72. The molecular weight excluding hydrogens is 258 g/mol. The van der Waals surface area contributed by atoms with Gasteiger partial charge in [-0.3, -0.25) is 4.79 Å². The van der Waals surface area contributed by atoms with Crippen LogP contribution in [0, 0.1) is 11.6 Å². The first-order valence-corrected chi connectivity index (χ1v) is 5.67. The fourth-order valence-electron chi connectivity index (χ4n) is 1.59. The first-order chi connectivity index (χ1) is 8.56. The van der Waals surface area contributed by atoms with Gasteiger partial charge in [0.15, 0.2) is 5.78 Å². The first-order valence-electron chi connectivity index (χ1n) is 5.29. The van der Waals surface area contributed by atoms with Gasteiger partial charge in [-0.15, -0.1) is 0 Å². The minimum atomic E-state index is -0.443. The van der Waals surface area contributed by atoms with Gasteiger partial charge in [-0.05, 0) is 48.0 Å². The van der Waals surface area contributed by atoms with E-state index in [-0.39, 0.29) is 12.2 Å². The number of carbonyl (C=O) groups is 1. The van der Waals surface area contributed by atoms with E-state index >= 15 is 0 Å². The average molecular weight is 267 g/mol. The van der Waals surface area contributed by atoms with Crippen LogP contribution in [-0.2, 0) is 6.42 Å². The van der Waals surface area contributed by atoms with E-state index < -0.39 is 11.6 Å². The molecule has 4 heteroatoms. The van der Waals surface area contributed by atoms with Crippen LogP contribution in [0.5, 0.6) is 0 Å². The lowest BCUT2D eigenvalue weighted by Crippen LogP contribution is -2.04. The molecule has 0 aromatic heterocycles. The van der Waals surface area contributed by atoms with E-state index in [1.807, 2.05) is 0 Å². The maximum absolute atomic E-state index is 13.0. The maximum atomic E-state index is 13.0. The highest BCUT2D eigenvalue weighted by Gasteiger charge is 2.10. The van der Waals surface area contributed by atoms with Gasteiger partial charge in [0.1, 0.15) is 11.6 Å². The zero-order chi connectivity index (χ0) is 13.1. The van der Waals surface area contributed by atoms with Gasteiger partial charge in [0, 0.05) is 17.0 Å². The number of ketones is 1. The zero-order valence-electron chi connectivity index (χ0n) is 9.29. The fourth-order valence-corrected chi connectivity index (χ4v) is 1.77. The molecule has 0 aliphatic carbocycles. The Morgan fingerprint density at radius 2 is 1.61 bits per heavy atom. The van der Waals surface area contributed by atoms with Crippen molar-refractivity contribution in [3.8, 4) is 0 Å². The predicted molar refractivity (Wildman–Crippen MR) is 65.8 cm³/mol. The van der Waals surface area contributed by atoms with E-state index in [1.54, 1.807) is 0 Å². The lowest BCUT2D eigenvalue weighted by Gasteiger charge is -2.04. The second-order valence-electron chi connectivity index (χ2n) is 3.84. The molecule has 0 unspecified atom stereocenters. The highest BCUT2D eigenvalue weighted by atomic mass is 35.5. The summed E-state index contributed by atoms with van der Waals surface area (Å²) in [5.74, 6) is -1.08. The third-order valence-corrected chi connectivity index (χ3v) is 2.89. The molecule has 0 saturated heterocycles. The SMILES string of the molecule is O=C(Cc1cc(F)ccc1Cl)c1ccc(F)cc1. The van der Waals surface area contributed by atoms with E-state index in [0.717, 1.165) is 0 Å². The summed E-state index contributed by atoms with van der Waals surface area (Å²) in [7, 11) is 0. The third kappa shape index (κ3) is 2.93. The minimum absolute atomic E-state index is 0.0117. The van der Waals surface area contributed by atoms with Crippen LogP contribution in [0.3, 0.4) is 0 Å². The molecule has 0 aliphatic rings. The molecule has 0 N–H and O–H groups in total. The Hall–Kier alpha value is -1.74. The van der Waals surface area contributed by atoms with Crippen molar-refractivity contribution in [2.24, 2.45) is 0 Å². The summed E-state index contributed by atoms with van der Waals surface area (Å²) in [6.45, 7) is 0. The molecule has 0 fully saturated rings. The number of hydrogen-bond donors (Lipinski definition) is 0. The highest BCUT2D eigenvalue weighted by molar-refractivity contribution is 6.31. The van der Waals surface area contributed by atoms with Crippen LogP contribution < -0.4 is 0 Å². The Bertz CT molecular complexity index is 579. The summed E-state index contributed by atoms with van der Waals surface area (Å²) in [5, 5.41) is 0.340. The van der Waals surface area contributed by atoms with Gasteiger partial charge >= 0.3 is 0 Å². The Morgan fingerprint density at radius 1 is 1.00 bits per heavy atom. The van der Waals surface area contributed by atoms with Gasteiger partial charge in [-0.2, -0.15) is 0 Å². The van der Waals surface area contributed by atoms with Gasteiger partial charge in [0.05, 0.1) is 0 Å². The zero-order valence-corrected chi connectivity index (χ0v) is 10.0. The standard InChI is InChI=1S/C14H9ClF2O/c15-13-6-5-12(17)7-10(13)8-14(18)9-1-3-11(16)4-2-9/h1-7H,8H2. The van der Waals surface area contributed by atoms with E-state index in [0.29, 0.717) is 16.1 Å². The second-order valence-corrected chi connectivity index (χ2v) is 4.25. The fraction of sp³-hybridized carbons (Fsp3) is 0.0714. The summed E-state index contributed by atoms with van der Waals surface area (Å²) in [5.41, 5.74) is 0.794. The number of hydrogen-bond acceptors (Lipinski definition) is 1. The molecule has 0 radical (unpaired) electrons. The summed E-state index contributed by atoms with van der Waals surface area (Å²) >= 11 is 5.87. The molecule has 2 rings (SSSR count). The van der Waals surface area contributed by atoms with Gasteiger partial charge in [0.2, 0.25) is 0 Å². The molecule has 0 spiro atoms. The monoisotopic (exact) mass is 266 g/mol. The van der Waals surface area contributed by atoms with Crippen LogP contribution in [0.4, 0.5) is 8.78 Å². The van der Waals surface area contributed by atoms with Gasteiger partial charge in [-0.1, -0.05) is 11.6 Å². The molecule has 0 amide bonds. The Balaban J connectivity index is 2.21. The lowest BCUT2D eigenvalue weighted by atomic mass is 10.0. The normalized spacial score (nSPS) is 10.4. The van der Waals surface area contributed by atoms with Crippen LogP contribution in [0.15, 0.2) is 42.5 Å². The van der Waals surface area contributed by atoms with Crippen molar-refractivity contribution in [3.05, 3.63) is 70.2 Å². The molecule has 92 valence electrons. The van der Waals surface area contributed by atoms with Gasteiger partial charge in [0.25, 0.3) is 0 Å². The van der Waals surface area contributed by atoms with E-state index in [4.69, 9.17) is 11.6 Å². The number of rotatable bonds is 3. The van der Waals surface area contributed by atoms with Crippen molar-refractivity contribution in [2.45, 2.75) is 6.42 Å². The molecule has 18 heavy (non-hydrogen) atoms. The molecule has 1 nitrogen and oxygen atoms in total. The lowest BCUT2D eigenvalue weighted by molar-refractivity contribution is 0.0993. The number of halogens is 3. The molecule has 0 aliphatic heterocycles. The second kappa shape index (κ2) is 5.27. The molecular formula is C14H9ClF2O. The Labute approximate surface area is 108 Å². The molecule has 0 saturated carbocycles. The topological polar surface area (TPSA) is 17.1 Å². The number of carbonyl (C=O) groups excluding carboxylic acids is 1. The highest BCUT2D eigenvalue weighted by Crippen LogP contribution is 2.19. The molecule has 2 aromatic rings. The number of benzene rings is 2. The summed E-state index contributed by atoms with van der Waals surface area (Å²) in [6.07, 6.45) is -0.0117. The third-order valence-electron chi connectivity index (χ3n) is 2.52. The van der Waals surface area contributed by atoms with E-state index in [9.17, 15) is 13.6 Å². The average Bonchev–Trinajstić information content (AvgIpc) is 2.34. The van der Waals surface area contributed by atoms with Gasteiger partial charge < -0.3 is 0 Å². The van der Waals surface area contributed by atoms with Crippen LogP contribution in [0.1, 0.15) is 15.9 Å². The molecule has 0 bridgehead atoms. The first kappa shape index (κ1) is 12.7. The van der Waals surface area contributed by atoms with Crippen LogP contribution in [0.2, 0.25) is 5.02 Å². The largest absolute Gasteiger partial charge is 0.294 e. The van der Waals surface area contributed by atoms with Crippen molar-refractivity contribution in [2.75, 3.05) is 0 Å². The van der Waals surface area contributed by atoms with Crippen molar-refractivity contribution in [3.63, 3.8) is 0 Å². The molecule has 0 atom stereocenters. The predicted octanol–water partition coefficient (Wildman–Crippen LogP) is 4.04.